The number of fused-ring (bicyclic) bond motifs is 1. The maximum absolute atomic E-state index is 12.3. The summed E-state index contributed by atoms with van der Waals surface area (Å²) in [4.78, 5) is 24.6. The third kappa shape index (κ3) is 5.00. The maximum atomic E-state index is 12.3. The number of carbonyl (C=O) groups is 1. The first kappa shape index (κ1) is 22.6. The van der Waals surface area contributed by atoms with Crippen molar-refractivity contribution >= 4 is 22.6 Å². The predicted molar refractivity (Wildman–Crippen MR) is 135 cm³/mol. The first-order valence-corrected chi connectivity index (χ1v) is 12.2. The summed E-state index contributed by atoms with van der Waals surface area (Å²) in [6.45, 7) is 9.90. The molecule has 2 N–H and O–H groups in total. The number of pyridine rings is 1. The van der Waals surface area contributed by atoms with E-state index >= 15 is 0 Å². The molecule has 4 heterocycles. The van der Waals surface area contributed by atoms with Crippen molar-refractivity contribution in [1.82, 2.24) is 25.1 Å². The van der Waals surface area contributed by atoms with Gasteiger partial charge in [-0.3, -0.25) is 4.90 Å². The van der Waals surface area contributed by atoms with E-state index in [1.807, 2.05) is 31.1 Å². The number of hydrogen-bond acceptors (Lipinski definition) is 4. The monoisotopic (exact) mass is 459 g/mol. The molecule has 2 amide bonds. The Bertz CT molecular complexity index is 1180. The highest BCUT2D eigenvalue weighted by atomic mass is 16.5. The van der Waals surface area contributed by atoms with Crippen LogP contribution in [0.1, 0.15) is 31.4 Å². The van der Waals surface area contributed by atoms with Gasteiger partial charge >= 0.3 is 6.03 Å². The summed E-state index contributed by atoms with van der Waals surface area (Å²) in [5, 5.41) is 4.10. The van der Waals surface area contributed by atoms with Crippen LogP contribution in [0.2, 0.25) is 0 Å². The Morgan fingerprint density at radius 2 is 1.94 bits per heavy atom. The first-order valence-electron chi connectivity index (χ1n) is 12.2. The third-order valence-corrected chi connectivity index (χ3v) is 6.58. The minimum Gasteiger partial charge on any atom is -0.379 e. The van der Waals surface area contributed by atoms with Crippen LogP contribution >= 0.6 is 0 Å². The Kier molecular flexibility index (Phi) is 6.65. The Labute approximate surface area is 200 Å². The lowest BCUT2D eigenvalue weighted by Gasteiger charge is -2.27. The molecule has 0 saturated carbocycles. The van der Waals surface area contributed by atoms with Crippen molar-refractivity contribution in [2.24, 2.45) is 0 Å². The molecule has 34 heavy (non-hydrogen) atoms. The van der Waals surface area contributed by atoms with Crippen LogP contribution in [0.15, 0.2) is 48.8 Å². The number of nitrogens with zero attached hydrogens (tertiary/aromatic N) is 3. The minimum absolute atomic E-state index is 0.00486. The van der Waals surface area contributed by atoms with E-state index in [0.717, 1.165) is 62.4 Å². The SMILES string of the molecule is CC(C)NC(=O)N1CC=C(c2c[nH]c3ncc(-c4ccc(CN5CCOCC5)cc4)cc23)CC1. The number of amides is 2. The molecule has 0 aliphatic carbocycles. The molecule has 0 bridgehead atoms. The van der Waals surface area contributed by atoms with Gasteiger partial charge in [-0.1, -0.05) is 30.3 Å². The molecule has 178 valence electrons. The van der Waals surface area contributed by atoms with Gasteiger partial charge in [-0.25, -0.2) is 9.78 Å². The number of H-pyrrole nitrogens is 1. The van der Waals surface area contributed by atoms with Crippen molar-refractivity contribution in [2.45, 2.75) is 32.9 Å². The summed E-state index contributed by atoms with van der Waals surface area (Å²) in [5.74, 6) is 0. The predicted octanol–water partition coefficient (Wildman–Crippen LogP) is 4.27. The van der Waals surface area contributed by atoms with Crippen LogP contribution in [0.5, 0.6) is 0 Å². The van der Waals surface area contributed by atoms with Crippen molar-refractivity contribution in [3.63, 3.8) is 0 Å². The molecule has 0 unspecified atom stereocenters. The average molecular weight is 460 g/mol. The maximum Gasteiger partial charge on any atom is 0.317 e. The zero-order valence-electron chi connectivity index (χ0n) is 20.0. The summed E-state index contributed by atoms with van der Waals surface area (Å²) < 4.78 is 5.45. The molecule has 5 rings (SSSR count). The second kappa shape index (κ2) is 9.99. The quantitative estimate of drug-likeness (QED) is 0.598. The normalized spacial score (nSPS) is 17.3. The molecular weight excluding hydrogens is 426 g/mol. The number of nitrogens with one attached hydrogen (secondary N) is 2. The van der Waals surface area contributed by atoms with E-state index in [4.69, 9.17) is 4.74 Å². The number of urea groups is 1. The molecule has 1 aromatic carbocycles. The van der Waals surface area contributed by atoms with Crippen LogP contribution < -0.4 is 5.32 Å². The number of ether oxygens (including phenoxy) is 1. The Morgan fingerprint density at radius 3 is 2.65 bits per heavy atom. The van der Waals surface area contributed by atoms with Gasteiger partial charge < -0.3 is 19.9 Å². The van der Waals surface area contributed by atoms with Crippen LogP contribution in [0.3, 0.4) is 0 Å². The van der Waals surface area contributed by atoms with Gasteiger partial charge in [-0.05, 0) is 43.0 Å². The highest BCUT2D eigenvalue weighted by Gasteiger charge is 2.20. The van der Waals surface area contributed by atoms with E-state index in [1.54, 1.807) is 0 Å². The fraction of sp³-hybridized carbons (Fsp3) is 0.407. The molecule has 1 fully saturated rings. The van der Waals surface area contributed by atoms with Gasteiger partial charge in [0.25, 0.3) is 0 Å². The highest BCUT2D eigenvalue weighted by Crippen LogP contribution is 2.31. The number of morpholine rings is 1. The van der Waals surface area contributed by atoms with E-state index in [-0.39, 0.29) is 12.1 Å². The Morgan fingerprint density at radius 1 is 1.15 bits per heavy atom. The van der Waals surface area contributed by atoms with E-state index in [2.05, 4.69) is 56.6 Å². The van der Waals surface area contributed by atoms with Crippen molar-refractivity contribution in [1.29, 1.82) is 0 Å². The van der Waals surface area contributed by atoms with Crippen molar-refractivity contribution in [3.8, 4) is 11.1 Å². The molecule has 0 atom stereocenters. The van der Waals surface area contributed by atoms with Gasteiger partial charge in [0.2, 0.25) is 0 Å². The summed E-state index contributed by atoms with van der Waals surface area (Å²) >= 11 is 0. The lowest BCUT2D eigenvalue weighted by molar-refractivity contribution is 0.0342. The largest absolute Gasteiger partial charge is 0.379 e. The average Bonchev–Trinajstić information content (AvgIpc) is 3.28. The van der Waals surface area contributed by atoms with Crippen LogP contribution in [0, 0.1) is 0 Å². The van der Waals surface area contributed by atoms with Gasteiger partial charge in [0, 0.05) is 67.7 Å². The Hall–Kier alpha value is -3.16. The van der Waals surface area contributed by atoms with Gasteiger partial charge in [0.05, 0.1) is 13.2 Å². The summed E-state index contributed by atoms with van der Waals surface area (Å²) in [7, 11) is 0. The number of carbonyl (C=O) groups excluding carboxylic acids is 1. The van der Waals surface area contributed by atoms with Crippen LogP contribution in [0.25, 0.3) is 27.7 Å². The van der Waals surface area contributed by atoms with E-state index in [1.165, 1.54) is 22.3 Å². The first-order chi connectivity index (χ1) is 16.6. The van der Waals surface area contributed by atoms with Crippen LogP contribution in [-0.2, 0) is 11.3 Å². The van der Waals surface area contributed by atoms with E-state index in [0.29, 0.717) is 6.54 Å². The van der Waals surface area contributed by atoms with Gasteiger partial charge in [-0.2, -0.15) is 0 Å². The van der Waals surface area contributed by atoms with Crippen LogP contribution in [0.4, 0.5) is 4.79 Å². The molecule has 2 aliphatic rings. The number of aromatic nitrogens is 2. The van der Waals surface area contributed by atoms with Gasteiger partial charge in [0.1, 0.15) is 5.65 Å². The van der Waals surface area contributed by atoms with E-state index in [9.17, 15) is 4.79 Å². The second-order valence-electron chi connectivity index (χ2n) is 9.44. The fourth-order valence-corrected chi connectivity index (χ4v) is 4.68. The van der Waals surface area contributed by atoms with Gasteiger partial charge in [0.15, 0.2) is 0 Å². The lowest BCUT2D eigenvalue weighted by atomic mass is 9.98. The highest BCUT2D eigenvalue weighted by molar-refractivity contribution is 5.93. The summed E-state index contributed by atoms with van der Waals surface area (Å²) in [6.07, 6.45) is 6.98. The molecule has 7 heteroatoms. The van der Waals surface area contributed by atoms with Crippen molar-refractivity contribution in [3.05, 3.63) is 59.9 Å². The number of hydrogen-bond donors (Lipinski definition) is 2. The summed E-state index contributed by atoms with van der Waals surface area (Å²) in [6, 6.07) is 11.2. The lowest BCUT2D eigenvalue weighted by Crippen LogP contribution is -2.44. The third-order valence-electron chi connectivity index (χ3n) is 6.58. The molecular formula is C27H33N5O2. The molecule has 7 nitrogen and oxygen atoms in total. The molecule has 0 radical (unpaired) electrons. The van der Waals surface area contributed by atoms with E-state index < -0.39 is 0 Å². The summed E-state index contributed by atoms with van der Waals surface area (Å²) in [5.41, 5.74) is 6.93. The number of aromatic amines is 1. The van der Waals surface area contributed by atoms with Crippen molar-refractivity contribution in [2.75, 3.05) is 39.4 Å². The topological polar surface area (TPSA) is 73.5 Å². The number of rotatable bonds is 5. The minimum atomic E-state index is 0.00486. The fourth-order valence-electron chi connectivity index (χ4n) is 4.68. The smallest absolute Gasteiger partial charge is 0.317 e. The zero-order chi connectivity index (χ0) is 23.5. The van der Waals surface area contributed by atoms with Crippen LogP contribution in [-0.4, -0.2) is 71.2 Å². The molecule has 0 spiro atoms. The molecule has 2 aliphatic heterocycles. The standard InChI is InChI=1S/C27H33N5O2/c1-19(2)30-27(33)32-9-7-22(8-10-32)25-17-29-26-24(25)15-23(16-28-26)21-5-3-20(4-6-21)18-31-11-13-34-14-12-31/h3-7,15-17,19H,8-14,18H2,1-2H3,(H,28,29)(H,30,33). The Balaban J connectivity index is 1.32. The molecule has 3 aromatic rings. The second-order valence-corrected chi connectivity index (χ2v) is 9.44. The van der Waals surface area contributed by atoms with Gasteiger partial charge in [-0.15, -0.1) is 0 Å². The van der Waals surface area contributed by atoms with Crippen molar-refractivity contribution < 1.29 is 9.53 Å². The molecule has 2 aromatic heterocycles. The molecule has 1 saturated heterocycles. The zero-order valence-corrected chi connectivity index (χ0v) is 20.0. The number of benzene rings is 1.